The van der Waals surface area contributed by atoms with Crippen LogP contribution in [0.25, 0.3) is 0 Å². The van der Waals surface area contributed by atoms with Crippen molar-refractivity contribution in [2.45, 2.75) is 31.8 Å². The van der Waals surface area contributed by atoms with Crippen molar-refractivity contribution in [2.75, 3.05) is 5.75 Å². The molecule has 0 atom stereocenters. The fourth-order valence-corrected chi connectivity index (χ4v) is 1.85. The van der Waals surface area contributed by atoms with Gasteiger partial charge in [-0.25, -0.2) is 9.67 Å². The Balaban J connectivity index is 2.55. The van der Waals surface area contributed by atoms with Crippen LogP contribution in [0.5, 0.6) is 0 Å². The lowest BCUT2D eigenvalue weighted by molar-refractivity contribution is -0.133. The molecule has 0 radical (unpaired) electrons. The fraction of sp³-hybridized carbons (Fsp3) is 0.700. The topological polar surface area (TPSA) is 68.0 Å². The van der Waals surface area contributed by atoms with Crippen LogP contribution in [0.15, 0.2) is 5.16 Å². The van der Waals surface area contributed by atoms with Crippen molar-refractivity contribution >= 4 is 17.7 Å². The average molecular weight is 243 g/mol. The summed E-state index contributed by atoms with van der Waals surface area (Å²) in [6.07, 6.45) is 1.90. The molecule has 0 saturated carbocycles. The van der Waals surface area contributed by atoms with Gasteiger partial charge in [0, 0.05) is 13.5 Å². The lowest BCUT2D eigenvalue weighted by atomic mass is 10.1. The number of aliphatic carboxylic acids is 1. The van der Waals surface area contributed by atoms with Gasteiger partial charge in [-0.05, 0) is 12.3 Å². The van der Waals surface area contributed by atoms with Crippen molar-refractivity contribution in [3.8, 4) is 0 Å². The van der Waals surface area contributed by atoms with Crippen LogP contribution in [0.2, 0.25) is 0 Å². The quantitative estimate of drug-likeness (QED) is 0.768. The minimum atomic E-state index is -0.836. The van der Waals surface area contributed by atoms with E-state index in [-0.39, 0.29) is 5.75 Å². The summed E-state index contributed by atoms with van der Waals surface area (Å²) in [7, 11) is 1.79. The zero-order chi connectivity index (χ0) is 12.1. The Bertz CT molecular complexity index is 363. The molecular weight excluding hydrogens is 226 g/mol. The molecule has 0 fully saturated rings. The van der Waals surface area contributed by atoms with E-state index in [1.165, 1.54) is 11.8 Å². The molecule has 1 N–H and O–H groups in total. The van der Waals surface area contributed by atoms with E-state index in [4.69, 9.17) is 5.11 Å². The average Bonchev–Trinajstić information content (AvgIpc) is 2.53. The maximum Gasteiger partial charge on any atom is 0.313 e. The number of carboxylic acids is 1. The third-order valence-electron chi connectivity index (χ3n) is 2.04. The molecule has 0 aliphatic heterocycles. The van der Waals surface area contributed by atoms with Gasteiger partial charge in [0.05, 0.1) is 5.75 Å². The van der Waals surface area contributed by atoms with Crippen LogP contribution in [-0.4, -0.2) is 31.6 Å². The van der Waals surface area contributed by atoms with Crippen LogP contribution in [-0.2, 0) is 18.3 Å². The zero-order valence-electron chi connectivity index (χ0n) is 9.80. The number of carbonyl (C=O) groups is 1. The molecule has 0 spiro atoms. The molecule has 0 aliphatic rings. The maximum atomic E-state index is 10.4. The number of aromatic nitrogens is 3. The molecule has 1 aromatic heterocycles. The Kier molecular flexibility index (Phi) is 4.79. The highest BCUT2D eigenvalue weighted by Gasteiger charge is 2.09. The van der Waals surface area contributed by atoms with Crippen molar-refractivity contribution in [3.63, 3.8) is 0 Å². The number of hydrogen-bond donors (Lipinski definition) is 1. The van der Waals surface area contributed by atoms with E-state index in [1.54, 1.807) is 11.7 Å². The molecule has 16 heavy (non-hydrogen) atoms. The van der Waals surface area contributed by atoms with Gasteiger partial charge in [-0.1, -0.05) is 25.6 Å². The molecule has 1 rings (SSSR count). The van der Waals surface area contributed by atoms with Crippen LogP contribution < -0.4 is 0 Å². The van der Waals surface area contributed by atoms with Crippen LogP contribution in [0.4, 0.5) is 0 Å². The summed E-state index contributed by atoms with van der Waals surface area (Å²) < 4.78 is 1.64. The first kappa shape index (κ1) is 13.0. The molecule has 6 heteroatoms. The van der Waals surface area contributed by atoms with Gasteiger partial charge in [-0.3, -0.25) is 4.79 Å². The molecule has 90 valence electrons. The smallest absolute Gasteiger partial charge is 0.313 e. The highest BCUT2D eigenvalue weighted by molar-refractivity contribution is 7.99. The number of carboxylic acid groups (broad SMARTS) is 1. The van der Waals surface area contributed by atoms with Crippen molar-refractivity contribution in [1.82, 2.24) is 14.8 Å². The van der Waals surface area contributed by atoms with Crippen LogP contribution in [0, 0.1) is 5.92 Å². The highest BCUT2D eigenvalue weighted by atomic mass is 32.2. The van der Waals surface area contributed by atoms with E-state index in [2.05, 4.69) is 23.9 Å². The van der Waals surface area contributed by atoms with Crippen LogP contribution >= 0.6 is 11.8 Å². The molecular formula is C10H17N3O2S. The maximum absolute atomic E-state index is 10.4. The van der Waals surface area contributed by atoms with Gasteiger partial charge in [-0.2, -0.15) is 5.10 Å². The van der Waals surface area contributed by atoms with Gasteiger partial charge in [0.25, 0.3) is 0 Å². The first-order valence-corrected chi connectivity index (χ1v) is 6.22. The third kappa shape index (κ3) is 4.22. The molecule has 1 aromatic rings. The van der Waals surface area contributed by atoms with Gasteiger partial charge in [0.1, 0.15) is 0 Å². The largest absolute Gasteiger partial charge is 0.481 e. The molecule has 0 amide bonds. The van der Waals surface area contributed by atoms with Gasteiger partial charge in [-0.15, -0.1) is 0 Å². The Morgan fingerprint density at radius 2 is 2.25 bits per heavy atom. The Morgan fingerprint density at radius 1 is 1.56 bits per heavy atom. The van der Waals surface area contributed by atoms with E-state index >= 15 is 0 Å². The second-order valence-corrected chi connectivity index (χ2v) is 4.99. The first-order valence-electron chi connectivity index (χ1n) is 5.23. The molecule has 5 nitrogen and oxygen atoms in total. The molecule has 0 aromatic carbocycles. The van der Waals surface area contributed by atoms with E-state index in [9.17, 15) is 4.79 Å². The monoisotopic (exact) mass is 243 g/mol. The molecule has 0 aliphatic carbocycles. The zero-order valence-corrected chi connectivity index (χ0v) is 10.6. The van der Waals surface area contributed by atoms with Crippen LogP contribution in [0.1, 0.15) is 26.1 Å². The minimum absolute atomic E-state index is 0.0240. The summed E-state index contributed by atoms with van der Waals surface area (Å²) in [5.41, 5.74) is 0. The third-order valence-corrected chi connectivity index (χ3v) is 3.04. The first-order chi connectivity index (χ1) is 7.49. The lowest BCUT2D eigenvalue weighted by Crippen LogP contribution is -2.00. The Hall–Kier alpha value is -1.04. The number of thioether (sulfide) groups is 1. The van der Waals surface area contributed by atoms with E-state index in [0.29, 0.717) is 11.1 Å². The second kappa shape index (κ2) is 5.89. The van der Waals surface area contributed by atoms with Gasteiger partial charge in [0.2, 0.25) is 0 Å². The summed E-state index contributed by atoms with van der Waals surface area (Å²) >= 11 is 1.20. The predicted molar refractivity (Wildman–Crippen MR) is 62.5 cm³/mol. The van der Waals surface area contributed by atoms with E-state index in [1.807, 2.05) is 0 Å². The van der Waals surface area contributed by atoms with Crippen molar-refractivity contribution < 1.29 is 9.90 Å². The van der Waals surface area contributed by atoms with Gasteiger partial charge >= 0.3 is 5.97 Å². The van der Waals surface area contributed by atoms with Crippen molar-refractivity contribution in [1.29, 1.82) is 0 Å². The summed E-state index contributed by atoms with van der Waals surface area (Å²) in [6, 6.07) is 0. The lowest BCUT2D eigenvalue weighted by Gasteiger charge is -1.99. The summed E-state index contributed by atoms with van der Waals surface area (Å²) in [5.74, 6) is 0.607. The number of rotatable bonds is 6. The fourth-order valence-electron chi connectivity index (χ4n) is 1.20. The van der Waals surface area contributed by atoms with E-state index in [0.717, 1.165) is 18.7 Å². The van der Waals surface area contributed by atoms with E-state index < -0.39 is 5.97 Å². The van der Waals surface area contributed by atoms with Crippen molar-refractivity contribution in [2.24, 2.45) is 13.0 Å². The molecule has 0 unspecified atom stereocenters. The molecule has 1 heterocycles. The Morgan fingerprint density at radius 3 is 2.81 bits per heavy atom. The van der Waals surface area contributed by atoms with Gasteiger partial charge in [0.15, 0.2) is 11.0 Å². The predicted octanol–water partition coefficient (Wildman–Crippen LogP) is 1.58. The molecule has 0 saturated heterocycles. The highest BCUT2D eigenvalue weighted by Crippen LogP contribution is 2.15. The molecule has 0 bridgehead atoms. The second-order valence-electron chi connectivity index (χ2n) is 4.05. The number of aryl methyl sites for hydroxylation is 2. The standard InChI is InChI=1S/C10H17N3O2S/c1-7(2)4-5-8-11-10(13(3)12-8)16-6-9(14)15/h7H,4-6H2,1-3H3,(H,14,15). The summed E-state index contributed by atoms with van der Waals surface area (Å²) in [5, 5.41) is 13.5. The van der Waals surface area contributed by atoms with Crippen LogP contribution in [0.3, 0.4) is 0 Å². The summed E-state index contributed by atoms with van der Waals surface area (Å²) in [4.78, 5) is 14.7. The summed E-state index contributed by atoms with van der Waals surface area (Å²) in [6.45, 7) is 4.31. The number of hydrogen-bond acceptors (Lipinski definition) is 4. The SMILES string of the molecule is CC(C)CCc1nc(SCC(=O)O)n(C)n1. The Labute approximate surface area is 99.3 Å². The number of nitrogens with zero attached hydrogens (tertiary/aromatic N) is 3. The van der Waals surface area contributed by atoms with Crippen molar-refractivity contribution in [3.05, 3.63) is 5.82 Å². The normalized spacial score (nSPS) is 11.0. The minimum Gasteiger partial charge on any atom is -0.481 e. The van der Waals surface area contributed by atoms with Gasteiger partial charge < -0.3 is 5.11 Å².